The van der Waals surface area contributed by atoms with E-state index >= 15 is 0 Å². The lowest BCUT2D eigenvalue weighted by Crippen LogP contribution is -2.24. The van der Waals surface area contributed by atoms with Crippen molar-refractivity contribution in [1.29, 1.82) is 0 Å². The lowest BCUT2D eigenvalue weighted by atomic mass is 9.94. The summed E-state index contributed by atoms with van der Waals surface area (Å²) in [4.78, 5) is 31.7. The predicted molar refractivity (Wildman–Crippen MR) is 174 cm³/mol. The van der Waals surface area contributed by atoms with Crippen LogP contribution in [0.15, 0.2) is 54.6 Å². The second kappa shape index (κ2) is 15.1. The maximum atomic E-state index is 12.7. The third kappa shape index (κ3) is 9.92. The number of aromatic nitrogens is 1. The average Bonchev–Trinajstić information content (AvgIpc) is 3.70. The number of carbonyl (C=O) groups is 2. The van der Waals surface area contributed by atoms with Crippen LogP contribution in [0.1, 0.15) is 86.8 Å². The highest BCUT2D eigenvalue weighted by molar-refractivity contribution is 5.95. The summed E-state index contributed by atoms with van der Waals surface area (Å²) in [6.45, 7) is 15.5. The number of carboxylic acids is 1. The van der Waals surface area contributed by atoms with E-state index in [9.17, 15) is 14.7 Å². The molecule has 2 fully saturated rings. The van der Waals surface area contributed by atoms with E-state index in [1.807, 2.05) is 82.3 Å². The Hall–Kier alpha value is -3.71. The van der Waals surface area contributed by atoms with Crippen molar-refractivity contribution in [3.63, 3.8) is 0 Å². The number of aryl methyl sites for hydroxylation is 2. The standard InChI is InChI=1S/C30H33N3O3.C4H10O.C2H6/c1-19-26(16-27(34)35)29(33-15-14-25(18-33)22-8-9-22)28(20(2)32-19)23-10-12-24(13-11-23)30(36)31-17-21-6-4-3-5-7-21;1-4(2,3)5;1-2/h3-7,10-13,22,25H,8-9,14-18H2,1-2H3,(H,31,36)(H,34,35);5H,1-3H3;1-2H3. The molecule has 2 heterocycles. The molecule has 3 aromatic rings. The molecule has 1 unspecified atom stereocenters. The van der Waals surface area contributed by atoms with Crippen molar-refractivity contribution in [3.05, 3.63) is 82.7 Å². The van der Waals surface area contributed by atoms with Crippen molar-refractivity contribution in [3.8, 4) is 11.1 Å². The summed E-state index contributed by atoms with van der Waals surface area (Å²) < 4.78 is 0. The number of aliphatic carboxylic acids is 1. The molecule has 1 amide bonds. The van der Waals surface area contributed by atoms with Crippen LogP contribution < -0.4 is 10.2 Å². The molecule has 3 N–H and O–H groups in total. The Morgan fingerprint density at radius 3 is 2.09 bits per heavy atom. The summed E-state index contributed by atoms with van der Waals surface area (Å²) in [5, 5.41) is 21.2. The van der Waals surface area contributed by atoms with Crippen LogP contribution in [0.5, 0.6) is 0 Å². The summed E-state index contributed by atoms with van der Waals surface area (Å²) in [6, 6.07) is 17.4. The number of carboxylic acid groups (broad SMARTS) is 1. The number of hydrogen-bond acceptors (Lipinski definition) is 5. The van der Waals surface area contributed by atoms with Gasteiger partial charge in [-0.25, -0.2) is 0 Å². The molecule has 232 valence electrons. The first-order valence-corrected chi connectivity index (χ1v) is 15.5. The van der Waals surface area contributed by atoms with Crippen LogP contribution in [0.3, 0.4) is 0 Å². The van der Waals surface area contributed by atoms with Gasteiger partial charge in [0.2, 0.25) is 0 Å². The van der Waals surface area contributed by atoms with Gasteiger partial charge in [-0.2, -0.15) is 0 Å². The summed E-state index contributed by atoms with van der Waals surface area (Å²) in [6.07, 6.45) is 3.73. The van der Waals surface area contributed by atoms with Gasteiger partial charge in [0.05, 0.1) is 17.7 Å². The van der Waals surface area contributed by atoms with E-state index in [0.29, 0.717) is 18.0 Å². The number of anilines is 1. The minimum Gasteiger partial charge on any atom is -0.481 e. The normalized spacial score (nSPS) is 16.0. The molecule has 1 atom stereocenters. The quantitative estimate of drug-likeness (QED) is 0.263. The highest BCUT2D eigenvalue weighted by Crippen LogP contribution is 2.45. The van der Waals surface area contributed by atoms with Gasteiger partial charge in [0, 0.05) is 47.7 Å². The van der Waals surface area contributed by atoms with Crippen LogP contribution in [0.25, 0.3) is 11.1 Å². The smallest absolute Gasteiger partial charge is 0.307 e. The molecule has 1 aliphatic heterocycles. The van der Waals surface area contributed by atoms with Gasteiger partial charge in [-0.05, 0) is 89.0 Å². The number of pyridine rings is 1. The number of amides is 1. The van der Waals surface area contributed by atoms with E-state index in [1.165, 1.54) is 12.8 Å². The molecule has 1 aliphatic carbocycles. The van der Waals surface area contributed by atoms with Crippen LogP contribution >= 0.6 is 0 Å². The maximum absolute atomic E-state index is 12.7. The fraction of sp³-hybridized carbons (Fsp3) is 0.472. The topological polar surface area (TPSA) is 103 Å². The van der Waals surface area contributed by atoms with Crippen LogP contribution in [0.4, 0.5) is 5.69 Å². The first-order valence-electron chi connectivity index (χ1n) is 15.5. The molecule has 1 saturated carbocycles. The Labute approximate surface area is 257 Å². The van der Waals surface area contributed by atoms with Gasteiger partial charge in [0.25, 0.3) is 5.91 Å². The average molecular weight is 588 g/mol. The van der Waals surface area contributed by atoms with E-state index in [1.54, 1.807) is 20.8 Å². The van der Waals surface area contributed by atoms with Gasteiger partial charge in [0.15, 0.2) is 0 Å². The van der Waals surface area contributed by atoms with Gasteiger partial charge >= 0.3 is 5.97 Å². The highest BCUT2D eigenvalue weighted by atomic mass is 16.4. The Bertz CT molecular complexity index is 1350. The zero-order chi connectivity index (χ0) is 31.7. The lowest BCUT2D eigenvalue weighted by Gasteiger charge is -2.27. The van der Waals surface area contributed by atoms with E-state index in [2.05, 4.69) is 10.2 Å². The van der Waals surface area contributed by atoms with Gasteiger partial charge in [-0.15, -0.1) is 0 Å². The van der Waals surface area contributed by atoms with E-state index in [-0.39, 0.29) is 12.3 Å². The van der Waals surface area contributed by atoms with Crippen molar-refractivity contribution in [2.75, 3.05) is 18.0 Å². The Morgan fingerprint density at radius 1 is 0.930 bits per heavy atom. The molecular formula is C36H49N3O4. The van der Waals surface area contributed by atoms with Gasteiger partial charge in [0.1, 0.15) is 0 Å². The van der Waals surface area contributed by atoms with Gasteiger partial charge in [-0.1, -0.05) is 56.3 Å². The number of hydrogen-bond donors (Lipinski definition) is 3. The molecule has 5 rings (SSSR count). The molecule has 7 nitrogen and oxygen atoms in total. The number of rotatable bonds is 8. The van der Waals surface area contributed by atoms with Gasteiger partial charge in [-0.3, -0.25) is 14.6 Å². The Morgan fingerprint density at radius 2 is 1.53 bits per heavy atom. The molecule has 2 aliphatic rings. The Kier molecular flexibility index (Phi) is 11.9. The summed E-state index contributed by atoms with van der Waals surface area (Å²) in [7, 11) is 0. The van der Waals surface area contributed by atoms with Crippen molar-refractivity contribution >= 4 is 17.6 Å². The maximum Gasteiger partial charge on any atom is 0.307 e. The second-order valence-corrected chi connectivity index (χ2v) is 12.3. The molecule has 7 heteroatoms. The fourth-order valence-electron chi connectivity index (χ4n) is 5.54. The monoisotopic (exact) mass is 587 g/mol. The summed E-state index contributed by atoms with van der Waals surface area (Å²) >= 11 is 0. The van der Waals surface area contributed by atoms with Crippen LogP contribution in [-0.2, 0) is 17.8 Å². The zero-order valence-electron chi connectivity index (χ0n) is 26.9. The zero-order valence-corrected chi connectivity index (χ0v) is 26.9. The SMILES string of the molecule is CC.CC(C)(C)O.Cc1nc(C)c(-c2ccc(C(=O)NCc3ccccc3)cc2)c(N2CCC(C3CC3)C2)c1CC(=O)O. The largest absolute Gasteiger partial charge is 0.481 e. The molecule has 0 spiro atoms. The van der Waals surface area contributed by atoms with Gasteiger partial charge < -0.3 is 20.4 Å². The first-order chi connectivity index (χ1) is 20.4. The minimum atomic E-state index is -0.848. The Balaban J connectivity index is 0.000000657. The molecule has 2 aromatic carbocycles. The predicted octanol–water partition coefficient (Wildman–Crippen LogP) is 6.96. The number of carbonyl (C=O) groups excluding carboxylic acids is 1. The third-order valence-electron chi connectivity index (χ3n) is 7.55. The lowest BCUT2D eigenvalue weighted by molar-refractivity contribution is -0.136. The number of benzene rings is 2. The van der Waals surface area contributed by atoms with Crippen molar-refractivity contribution in [2.45, 2.75) is 86.3 Å². The van der Waals surface area contributed by atoms with E-state index < -0.39 is 11.6 Å². The van der Waals surface area contributed by atoms with Crippen LogP contribution in [-0.4, -0.2) is 45.8 Å². The van der Waals surface area contributed by atoms with E-state index in [4.69, 9.17) is 10.1 Å². The van der Waals surface area contributed by atoms with Crippen molar-refractivity contribution < 1.29 is 19.8 Å². The van der Waals surface area contributed by atoms with E-state index in [0.717, 1.165) is 64.8 Å². The molecule has 0 bridgehead atoms. The molecule has 0 radical (unpaired) electrons. The highest BCUT2D eigenvalue weighted by Gasteiger charge is 2.37. The molecular weight excluding hydrogens is 538 g/mol. The van der Waals surface area contributed by atoms with Crippen LogP contribution in [0.2, 0.25) is 0 Å². The molecule has 43 heavy (non-hydrogen) atoms. The number of nitrogens with zero attached hydrogens (tertiary/aromatic N) is 2. The van der Waals surface area contributed by atoms with Crippen molar-refractivity contribution in [2.24, 2.45) is 11.8 Å². The molecule has 1 aromatic heterocycles. The van der Waals surface area contributed by atoms with Crippen LogP contribution in [0, 0.1) is 25.7 Å². The summed E-state index contributed by atoms with van der Waals surface area (Å²) in [5.41, 5.74) is 6.54. The first kappa shape index (κ1) is 33.8. The third-order valence-corrected chi connectivity index (χ3v) is 7.55. The second-order valence-electron chi connectivity index (χ2n) is 12.3. The number of nitrogens with one attached hydrogen (secondary N) is 1. The minimum absolute atomic E-state index is 0.0496. The number of aliphatic hydroxyl groups is 1. The summed E-state index contributed by atoms with van der Waals surface area (Å²) in [5.74, 6) is 0.529. The molecule has 1 saturated heterocycles. The fourth-order valence-corrected chi connectivity index (χ4v) is 5.54. The van der Waals surface area contributed by atoms with Crippen molar-refractivity contribution in [1.82, 2.24) is 10.3 Å².